The topological polar surface area (TPSA) is 115 Å². The lowest BCUT2D eigenvalue weighted by Gasteiger charge is -2.20. The summed E-state index contributed by atoms with van der Waals surface area (Å²) in [6.45, 7) is 0.170. The summed E-state index contributed by atoms with van der Waals surface area (Å²) >= 11 is 0. The van der Waals surface area contributed by atoms with Crippen LogP contribution in [-0.2, 0) is 9.84 Å². The van der Waals surface area contributed by atoms with E-state index in [9.17, 15) is 13.2 Å². The number of hydrogen-bond acceptors (Lipinski definition) is 6. The smallest absolute Gasteiger partial charge is 0.478 e. The number of aromatic carboxylic acids is 1. The van der Waals surface area contributed by atoms with Gasteiger partial charge in [-0.25, -0.2) is 13.2 Å². The number of nitrogens with zero attached hydrogens (tertiary/aromatic N) is 1. The quantitative estimate of drug-likeness (QED) is 0.550. The number of carboxylic acids is 1. The predicted molar refractivity (Wildman–Crippen MR) is 76.2 cm³/mol. The molecule has 9 heteroatoms. The van der Waals surface area contributed by atoms with Crippen LogP contribution >= 0.6 is 0 Å². The van der Waals surface area contributed by atoms with Gasteiger partial charge in [0.1, 0.15) is 9.84 Å². The van der Waals surface area contributed by atoms with Crippen molar-refractivity contribution in [2.24, 2.45) is 0 Å². The van der Waals surface area contributed by atoms with Gasteiger partial charge in [-0.3, -0.25) is 0 Å². The fourth-order valence-electron chi connectivity index (χ4n) is 1.56. The largest absolute Gasteiger partial charge is 0.488 e. The van der Waals surface area contributed by atoms with Gasteiger partial charge in [-0.1, -0.05) is 0 Å². The number of benzene rings is 1. The Bertz CT molecular complexity index is 601. The van der Waals surface area contributed by atoms with E-state index in [1.165, 1.54) is 12.1 Å². The third-order valence-electron chi connectivity index (χ3n) is 2.72. The maximum Gasteiger partial charge on any atom is 0.488 e. The number of hydrogen-bond donors (Lipinski definition) is 3. The normalized spacial score (nSPS) is 11.2. The van der Waals surface area contributed by atoms with Gasteiger partial charge in [0.05, 0.1) is 11.3 Å². The SMILES string of the molecule is CN(CCS(C)(=O)=O)c1cc(B(O)O)cc(C(=O)O)c1. The van der Waals surface area contributed by atoms with Crippen LogP contribution in [0.15, 0.2) is 18.2 Å². The van der Waals surface area contributed by atoms with E-state index in [2.05, 4.69) is 0 Å². The highest BCUT2D eigenvalue weighted by Crippen LogP contribution is 2.14. The Morgan fingerprint density at radius 3 is 2.35 bits per heavy atom. The highest BCUT2D eigenvalue weighted by atomic mass is 32.2. The van der Waals surface area contributed by atoms with Crippen LogP contribution in [0.4, 0.5) is 5.69 Å². The zero-order valence-corrected chi connectivity index (χ0v) is 12.0. The first-order chi connectivity index (χ1) is 9.10. The highest BCUT2D eigenvalue weighted by molar-refractivity contribution is 7.90. The summed E-state index contributed by atoms with van der Waals surface area (Å²) in [6, 6.07) is 3.90. The monoisotopic (exact) mass is 301 g/mol. The van der Waals surface area contributed by atoms with E-state index in [1.54, 1.807) is 11.9 Å². The molecule has 7 nitrogen and oxygen atoms in total. The molecular formula is C11H16BNO6S. The Labute approximate surface area is 117 Å². The molecule has 0 radical (unpaired) electrons. The molecule has 0 saturated carbocycles. The highest BCUT2D eigenvalue weighted by Gasteiger charge is 2.17. The van der Waals surface area contributed by atoms with Gasteiger partial charge in [0.2, 0.25) is 0 Å². The van der Waals surface area contributed by atoms with Gasteiger partial charge < -0.3 is 20.1 Å². The molecule has 0 aliphatic heterocycles. The van der Waals surface area contributed by atoms with Gasteiger partial charge >= 0.3 is 13.1 Å². The Morgan fingerprint density at radius 2 is 1.90 bits per heavy atom. The summed E-state index contributed by atoms with van der Waals surface area (Å²) in [6.07, 6.45) is 1.11. The average Bonchev–Trinajstić information content (AvgIpc) is 2.34. The van der Waals surface area contributed by atoms with E-state index in [4.69, 9.17) is 15.2 Å². The second-order valence-electron chi connectivity index (χ2n) is 4.54. The van der Waals surface area contributed by atoms with Crippen molar-refractivity contribution >= 4 is 34.1 Å². The molecule has 0 atom stereocenters. The van der Waals surface area contributed by atoms with Crippen LogP contribution in [0.3, 0.4) is 0 Å². The Balaban J connectivity index is 3.07. The summed E-state index contributed by atoms with van der Waals surface area (Å²) in [5, 5.41) is 27.3. The zero-order chi connectivity index (χ0) is 15.5. The molecule has 0 amide bonds. The first kappa shape index (κ1) is 16.5. The first-order valence-corrected chi connectivity index (χ1v) is 7.79. The zero-order valence-electron chi connectivity index (χ0n) is 11.1. The summed E-state index contributed by atoms with van der Waals surface area (Å²) < 4.78 is 22.2. The molecule has 0 aliphatic carbocycles. The molecule has 0 bridgehead atoms. The van der Waals surface area contributed by atoms with Gasteiger partial charge in [0.25, 0.3) is 0 Å². The summed E-state index contributed by atoms with van der Waals surface area (Å²) in [5.41, 5.74) is 0.333. The Kier molecular flexibility index (Phi) is 5.15. The van der Waals surface area contributed by atoms with Crippen LogP contribution in [0.2, 0.25) is 0 Å². The van der Waals surface area contributed by atoms with Gasteiger partial charge in [0.15, 0.2) is 0 Å². The molecule has 1 rings (SSSR count). The van der Waals surface area contributed by atoms with Crippen LogP contribution in [0.5, 0.6) is 0 Å². The van der Waals surface area contributed by atoms with Crippen molar-refractivity contribution in [1.82, 2.24) is 0 Å². The summed E-state index contributed by atoms with van der Waals surface area (Å²) in [5.74, 6) is -1.29. The lowest BCUT2D eigenvalue weighted by molar-refractivity contribution is 0.0697. The minimum Gasteiger partial charge on any atom is -0.478 e. The fraction of sp³-hybridized carbons (Fsp3) is 0.364. The predicted octanol–water partition coefficient (Wildman–Crippen LogP) is -1.45. The molecule has 0 saturated heterocycles. The molecule has 0 heterocycles. The van der Waals surface area contributed by atoms with Crippen molar-refractivity contribution in [3.05, 3.63) is 23.8 Å². The van der Waals surface area contributed by atoms with Crippen LogP contribution < -0.4 is 10.4 Å². The van der Waals surface area contributed by atoms with Gasteiger partial charge in [0, 0.05) is 25.5 Å². The number of carbonyl (C=O) groups is 1. The molecular weight excluding hydrogens is 285 g/mol. The summed E-state index contributed by atoms with van der Waals surface area (Å²) in [4.78, 5) is 12.5. The number of sulfone groups is 1. The van der Waals surface area contributed by atoms with Crippen molar-refractivity contribution in [2.75, 3.05) is 30.5 Å². The molecule has 3 N–H and O–H groups in total. The minimum atomic E-state index is -3.14. The third-order valence-corrected chi connectivity index (χ3v) is 3.65. The molecule has 0 spiro atoms. The minimum absolute atomic E-state index is 0.0334. The lowest BCUT2D eigenvalue weighted by atomic mass is 9.79. The van der Waals surface area contributed by atoms with Gasteiger partial charge in [-0.05, 0) is 23.7 Å². The molecule has 110 valence electrons. The molecule has 0 aromatic heterocycles. The standard InChI is InChI=1S/C11H16BNO6S/c1-13(3-4-20(2,18)19)10-6-8(11(14)15)5-9(7-10)12(16)17/h5-7,16-17H,3-4H2,1-2H3,(H,14,15). The second kappa shape index (κ2) is 6.25. The van der Waals surface area contributed by atoms with Crippen molar-refractivity contribution < 1.29 is 28.4 Å². The van der Waals surface area contributed by atoms with Gasteiger partial charge in [-0.15, -0.1) is 0 Å². The average molecular weight is 301 g/mol. The van der Waals surface area contributed by atoms with E-state index in [0.717, 1.165) is 12.3 Å². The van der Waals surface area contributed by atoms with E-state index in [0.29, 0.717) is 5.69 Å². The van der Waals surface area contributed by atoms with Crippen molar-refractivity contribution in [1.29, 1.82) is 0 Å². The molecule has 1 aromatic carbocycles. The maximum absolute atomic E-state index is 11.1. The molecule has 0 aliphatic rings. The summed E-state index contributed by atoms with van der Waals surface area (Å²) in [7, 11) is -3.33. The van der Waals surface area contributed by atoms with Crippen LogP contribution in [0.1, 0.15) is 10.4 Å². The molecule has 20 heavy (non-hydrogen) atoms. The van der Waals surface area contributed by atoms with Crippen molar-refractivity contribution in [3.63, 3.8) is 0 Å². The van der Waals surface area contributed by atoms with Crippen molar-refractivity contribution in [3.8, 4) is 0 Å². The van der Waals surface area contributed by atoms with Crippen LogP contribution in [0.25, 0.3) is 0 Å². The fourth-order valence-corrected chi connectivity index (χ4v) is 2.16. The Morgan fingerprint density at radius 1 is 1.30 bits per heavy atom. The van der Waals surface area contributed by atoms with E-state index < -0.39 is 22.9 Å². The van der Waals surface area contributed by atoms with E-state index >= 15 is 0 Å². The van der Waals surface area contributed by atoms with Crippen LogP contribution in [0, 0.1) is 0 Å². The number of carboxylic acid groups (broad SMARTS) is 1. The van der Waals surface area contributed by atoms with E-state index in [1.807, 2.05) is 0 Å². The first-order valence-electron chi connectivity index (χ1n) is 5.73. The third kappa shape index (κ3) is 4.84. The maximum atomic E-state index is 11.1. The molecule has 1 aromatic rings. The second-order valence-corrected chi connectivity index (χ2v) is 6.80. The van der Waals surface area contributed by atoms with Crippen LogP contribution in [-0.4, -0.2) is 62.3 Å². The Hall–Kier alpha value is -1.58. The van der Waals surface area contributed by atoms with Crippen molar-refractivity contribution in [2.45, 2.75) is 0 Å². The van der Waals surface area contributed by atoms with E-state index in [-0.39, 0.29) is 23.3 Å². The number of anilines is 1. The molecule has 0 fully saturated rings. The lowest BCUT2D eigenvalue weighted by Crippen LogP contribution is -2.32. The molecule has 0 unspecified atom stereocenters. The van der Waals surface area contributed by atoms with Gasteiger partial charge in [-0.2, -0.15) is 0 Å². The number of rotatable bonds is 6.